The van der Waals surface area contributed by atoms with E-state index in [2.05, 4.69) is 13.5 Å². The Kier molecular flexibility index (Phi) is 4.24. The van der Waals surface area contributed by atoms with E-state index in [1.165, 1.54) is 26.2 Å². The number of hydrogen-bond donors (Lipinski definition) is 0. The average molecular weight is 360 g/mol. The zero-order chi connectivity index (χ0) is 18.6. The van der Waals surface area contributed by atoms with Gasteiger partial charge in [-0.15, -0.1) is 0 Å². The molecule has 0 aliphatic heterocycles. The zero-order valence-corrected chi connectivity index (χ0v) is 15.7. The molecule has 0 heterocycles. The van der Waals surface area contributed by atoms with Crippen LogP contribution in [0.5, 0.6) is 0 Å². The Morgan fingerprint density at radius 1 is 1.04 bits per heavy atom. The molecule has 0 aromatic rings. The molecule has 5 heteroatoms. The molecule has 0 spiro atoms. The van der Waals surface area contributed by atoms with E-state index < -0.39 is 29.9 Å². The molecule has 4 aliphatic rings. The minimum atomic E-state index is -0.853. The monoisotopic (exact) mass is 360 g/mol. The molecule has 0 aromatic heterocycles. The Labute approximate surface area is 154 Å². The predicted molar refractivity (Wildman–Crippen MR) is 93.9 cm³/mol. The van der Waals surface area contributed by atoms with Crippen LogP contribution in [0.25, 0.3) is 0 Å². The van der Waals surface area contributed by atoms with Crippen LogP contribution in [0.4, 0.5) is 0 Å². The summed E-state index contributed by atoms with van der Waals surface area (Å²) in [5.41, 5.74) is -0.298. The minimum Gasteiger partial charge on any atom is -0.454 e. The van der Waals surface area contributed by atoms with Crippen LogP contribution in [0.15, 0.2) is 12.2 Å². The molecular weight excluding hydrogens is 332 g/mol. The van der Waals surface area contributed by atoms with Gasteiger partial charge in [0.1, 0.15) is 5.60 Å². The fraction of sp³-hybridized carbons (Fsp3) is 0.762. The summed E-state index contributed by atoms with van der Waals surface area (Å²) in [6.45, 7) is 6.44. The van der Waals surface area contributed by atoms with E-state index in [4.69, 9.17) is 9.47 Å². The van der Waals surface area contributed by atoms with Crippen molar-refractivity contribution >= 4 is 17.7 Å². The Balaban J connectivity index is 1.42. The number of carbonyl (C=O) groups is 3. The SMILES string of the molecule is C=C(C)C(=O)OCC(=O)C(=O)OC1(CC)CC2CC1C1C3CCC(C3)C21. The number of ether oxygens (including phenoxy) is 2. The van der Waals surface area contributed by atoms with Crippen molar-refractivity contribution in [1.82, 2.24) is 0 Å². The predicted octanol–water partition coefficient (Wildman–Crippen LogP) is 3.07. The standard InChI is InChI=1S/C21H28O5/c1-4-21(26-20(24)16(22)10-25-19(23)11(2)3)9-14-8-15(21)18-13-6-5-12(7-13)17(14)18/h12-15,17-18H,2,4-10H2,1,3H3. The highest BCUT2D eigenvalue weighted by Crippen LogP contribution is 2.70. The van der Waals surface area contributed by atoms with Gasteiger partial charge in [-0.3, -0.25) is 4.79 Å². The summed E-state index contributed by atoms with van der Waals surface area (Å²) >= 11 is 0. The number of carbonyl (C=O) groups excluding carboxylic acids is 3. The summed E-state index contributed by atoms with van der Waals surface area (Å²) in [5.74, 6) is 1.90. The number of esters is 2. The van der Waals surface area contributed by atoms with E-state index in [0.29, 0.717) is 17.8 Å². The Hall–Kier alpha value is -1.65. The fourth-order valence-corrected chi connectivity index (χ4v) is 6.85. The maximum atomic E-state index is 12.4. The molecule has 0 aromatic carbocycles. The van der Waals surface area contributed by atoms with E-state index in [-0.39, 0.29) is 5.57 Å². The molecule has 7 atom stereocenters. The molecule has 0 amide bonds. The second kappa shape index (κ2) is 6.21. The smallest absolute Gasteiger partial charge is 0.378 e. The van der Waals surface area contributed by atoms with Gasteiger partial charge in [0.15, 0.2) is 6.61 Å². The second-order valence-electron chi connectivity index (χ2n) is 8.88. The number of hydrogen-bond acceptors (Lipinski definition) is 5. The van der Waals surface area contributed by atoms with Gasteiger partial charge in [-0.2, -0.15) is 0 Å². The van der Waals surface area contributed by atoms with Crippen molar-refractivity contribution in [2.24, 2.45) is 35.5 Å². The molecule has 0 N–H and O–H groups in total. The summed E-state index contributed by atoms with van der Waals surface area (Å²) in [7, 11) is 0. The first-order valence-electron chi connectivity index (χ1n) is 9.95. The lowest BCUT2D eigenvalue weighted by Crippen LogP contribution is -2.48. The van der Waals surface area contributed by atoms with Gasteiger partial charge in [0.2, 0.25) is 0 Å². The lowest BCUT2D eigenvalue weighted by atomic mass is 9.65. The maximum Gasteiger partial charge on any atom is 0.378 e. The Morgan fingerprint density at radius 2 is 1.73 bits per heavy atom. The van der Waals surface area contributed by atoms with Crippen molar-refractivity contribution in [3.8, 4) is 0 Å². The molecule has 4 rings (SSSR count). The molecule has 4 saturated carbocycles. The summed E-state index contributed by atoms with van der Waals surface area (Å²) in [6.07, 6.45) is 6.83. The molecule has 142 valence electrons. The van der Waals surface area contributed by atoms with Crippen LogP contribution in [-0.2, 0) is 23.9 Å². The van der Waals surface area contributed by atoms with E-state index in [1.807, 2.05) is 0 Å². The van der Waals surface area contributed by atoms with Gasteiger partial charge in [0.25, 0.3) is 5.78 Å². The fourth-order valence-electron chi connectivity index (χ4n) is 6.85. The third-order valence-electron chi connectivity index (χ3n) is 7.70. The van der Waals surface area contributed by atoms with Gasteiger partial charge < -0.3 is 9.47 Å². The summed E-state index contributed by atoms with van der Waals surface area (Å²) in [5, 5.41) is 0. The number of fused-ring (bicyclic) bond motifs is 9. The van der Waals surface area contributed by atoms with Crippen LogP contribution in [-0.4, -0.2) is 29.9 Å². The van der Waals surface area contributed by atoms with E-state index in [9.17, 15) is 14.4 Å². The van der Waals surface area contributed by atoms with E-state index in [0.717, 1.165) is 37.0 Å². The van der Waals surface area contributed by atoms with Crippen LogP contribution in [0.1, 0.15) is 52.4 Å². The second-order valence-corrected chi connectivity index (χ2v) is 8.88. The zero-order valence-electron chi connectivity index (χ0n) is 15.7. The Bertz CT molecular complexity index is 667. The van der Waals surface area contributed by atoms with Gasteiger partial charge in [0, 0.05) is 11.5 Å². The quantitative estimate of drug-likeness (QED) is 0.315. The van der Waals surface area contributed by atoms with Crippen LogP contribution >= 0.6 is 0 Å². The van der Waals surface area contributed by atoms with E-state index in [1.54, 1.807) is 0 Å². The van der Waals surface area contributed by atoms with Crippen molar-refractivity contribution in [2.75, 3.05) is 6.61 Å². The molecular formula is C21H28O5. The molecule has 7 unspecified atom stereocenters. The molecule has 4 bridgehead atoms. The summed E-state index contributed by atoms with van der Waals surface area (Å²) in [4.78, 5) is 35.9. The first-order valence-corrected chi connectivity index (χ1v) is 9.95. The van der Waals surface area contributed by atoms with E-state index >= 15 is 0 Å². The lowest BCUT2D eigenvalue weighted by Gasteiger charge is -2.45. The van der Waals surface area contributed by atoms with Crippen LogP contribution in [0, 0.1) is 35.5 Å². The number of Topliss-reactive ketones (excluding diaryl/α,β-unsaturated/α-hetero) is 1. The Morgan fingerprint density at radius 3 is 2.38 bits per heavy atom. The third kappa shape index (κ3) is 2.54. The van der Waals surface area contributed by atoms with Crippen molar-refractivity contribution in [2.45, 2.75) is 58.0 Å². The van der Waals surface area contributed by atoms with Crippen molar-refractivity contribution < 1.29 is 23.9 Å². The molecule has 4 aliphatic carbocycles. The van der Waals surface area contributed by atoms with Crippen LogP contribution in [0.3, 0.4) is 0 Å². The highest BCUT2D eigenvalue weighted by atomic mass is 16.6. The minimum absolute atomic E-state index is 0.201. The number of ketones is 1. The molecule has 0 radical (unpaired) electrons. The largest absolute Gasteiger partial charge is 0.454 e. The highest BCUT2D eigenvalue weighted by Gasteiger charge is 2.67. The first-order chi connectivity index (χ1) is 12.4. The third-order valence-corrected chi connectivity index (χ3v) is 7.70. The van der Waals surface area contributed by atoms with Gasteiger partial charge in [-0.05, 0) is 75.0 Å². The molecule has 26 heavy (non-hydrogen) atoms. The first kappa shape index (κ1) is 17.7. The number of rotatable bonds is 6. The topological polar surface area (TPSA) is 69.7 Å². The molecule has 4 fully saturated rings. The highest BCUT2D eigenvalue weighted by molar-refractivity contribution is 6.34. The average Bonchev–Trinajstić information content (AvgIpc) is 3.37. The summed E-state index contributed by atoms with van der Waals surface area (Å²) < 4.78 is 10.7. The summed E-state index contributed by atoms with van der Waals surface area (Å²) in [6, 6.07) is 0. The van der Waals surface area contributed by atoms with Crippen LogP contribution < -0.4 is 0 Å². The normalized spacial score (nSPS) is 41.8. The van der Waals surface area contributed by atoms with Gasteiger partial charge in [-0.1, -0.05) is 13.5 Å². The molecule has 0 saturated heterocycles. The van der Waals surface area contributed by atoms with Crippen molar-refractivity contribution in [3.05, 3.63) is 12.2 Å². The van der Waals surface area contributed by atoms with Crippen LogP contribution in [0.2, 0.25) is 0 Å². The lowest BCUT2D eigenvalue weighted by molar-refractivity contribution is -0.178. The van der Waals surface area contributed by atoms with Gasteiger partial charge >= 0.3 is 11.9 Å². The van der Waals surface area contributed by atoms with Crippen molar-refractivity contribution in [3.63, 3.8) is 0 Å². The van der Waals surface area contributed by atoms with Gasteiger partial charge in [0.05, 0.1) is 0 Å². The van der Waals surface area contributed by atoms with Crippen molar-refractivity contribution in [1.29, 1.82) is 0 Å². The van der Waals surface area contributed by atoms with Gasteiger partial charge in [-0.25, -0.2) is 9.59 Å². The maximum absolute atomic E-state index is 12.4. The molecule has 5 nitrogen and oxygen atoms in total.